The molecule has 40 heavy (non-hydrogen) atoms. The molecule has 0 amide bonds. The summed E-state index contributed by atoms with van der Waals surface area (Å²) in [5.74, 6) is 1.94. The molecule has 1 N–H and O–H groups in total. The van der Waals surface area contributed by atoms with Gasteiger partial charge in [-0.1, -0.05) is 53.4 Å². The van der Waals surface area contributed by atoms with Crippen LogP contribution in [0.2, 0.25) is 0 Å². The molecule has 8 bridgehead atoms. The van der Waals surface area contributed by atoms with Crippen LogP contribution in [0.15, 0.2) is 88.8 Å². The first-order chi connectivity index (χ1) is 19.6. The van der Waals surface area contributed by atoms with Crippen molar-refractivity contribution >= 4 is 34.8 Å². The molecular weight excluding hydrogens is 496 g/mol. The highest BCUT2D eigenvalue weighted by Gasteiger charge is 2.29. The minimum absolute atomic E-state index is 0.479. The number of nitrogens with one attached hydrogen (secondary N) is 1. The monoisotopic (exact) mass is 538 g/mol. The van der Waals surface area contributed by atoms with E-state index in [1.165, 1.54) is 11.1 Å². The second-order valence-corrected chi connectivity index (χ2v) is 10.8. The number of guanidine groups is 2. The number of hydrazone groups is 1. The number of rotatable bonds is 12. The van der Waals surface area contributed by atoms with Gasteiger partial charge >= 0.3 is 0 Å². The lowest BCUT2D eigenvalue weighted by molar-refractivity contribution is 0.486. The molecule has 0 aromatic heterocycles. The summed E-state index contributed by atoms with van der Waals surface area (Å²) in [6.07, 6.45) is 22.0. The van der Waals surface area contributed by atoms with Crippen LogP contribution in [0.5, 0.6) is 0 Å². The zero-order chi connectivity index (χ0) is 27.9. The Balaban J connectivity index is 1.69. The van der Waals surface area contributed by atoms with E-state index in [2.05, 4.69) is 61.4 Å². The number of nitrogens with zero attached hydrogens (tertiary/aromatic N) is 7. The van der Waals surface area contributed by atoms with Crippen LogP contribution in [0, 0.1) is 0 Å². The average Bonchev–Trinajstić information content (AvgIpc) is 3.74. The molecule has 0 unspecified atom stereocenters. The first kappa shape index (κ1) is 27.9. The van der Waals surface area contributed by atoms with Crippen LogP contribution >= 0.6 is 0 Å². The standard InChI is InChI=1S/C32H42N8/c1-5-9-13-22-19-25-20-23-16-17-24(33-23)21-28-38-39-32(40(28)18-12-8-4)37-31-35-27(15-11-7-3)30(36-31)26(14-10-6-2)29(22)34-25/h16-17,19-21,38H,5-15,18H2,1-4H3. The smallest absolute Gasteiger partial charge is 0.253 e. The third-order valence-corrected chi connectivity index (χ3v) is 7.51. The Hall–Kier alpha value is -3.68. The van der Waals surface area contributed by atoms with Gasteiger partial charge in [0.05, 0.1) is 34.2 Å². The molecule has 5 heterocycles. The van der Waals surface area contributed by atoms with Crippen molar-refractivity contribution in [3.8, 4) is 0 Å². The molecule has 210 valence electrons. The first-order valence-corrected chi connectivity index (χ1v) is 15.2. The summed E-state index contributed by atoms with van der Waals surface area (Å²) >= 11 is 0. The van der Waals surface area contributed by atoms with Crippen molar-refractivity contribution < 1.29 is 0 Å². The molecule has 0 aromatic carbocycles. The van der Waals surface area contributed by atoms with E-state index in [0.29, 0.717) is 11.9 Å². The van der Waals surface area contributed by atoms with E-state index >= 15 is 0 Å². The second-order valence-electron chi connectivity index (χ2n) is 10.8. The van der Waals surface area contributed by atoms with Crippen molar-refractivity contribution in [2.75, 3.05) is 6.54 Å². The van der Waals surface area contributed by atoms with Crippen LogP contribution in [-0.4, -0.2) is 46.2 Å². The predicted octanol–water partition coefficient (Wildman–Crippen LogP) is 7.17. The van der Waals surface area contributed by atoms with Gasteiger partial charge in [-0.05, 0) is 74.8 Å². The van der Waals surface area contributed by atoms with Gasteiger partial charge in [0.2, 0.25) is 0 Å². The van der Waals surface area contributed by atoms with Crippen LogP contribution in [0.25, 0.3) is 0 Å². The Labute approximate surface area is 238 Å². The fourth-order valence-electron chi connectivity index (χ4n) is 5.25. The molecule has 8 heteroatoms. The number of hydrogen-bond acceptors (Lipinski definition) is 8. The minimum Gasteiger partial charge on any atom is -0.294 e. The van der Waals surface area contributed by atoms with E-state index in [1.54, 1.807) is 0 Å². The van der Waals surface area contributed by atoms with E-state index in [0.717, 1.165) is 117 Å². The highest BCUT2D eigenvalue weighted by atomic mass is 15.5. The van der Waals surface area contributed by atoms with E-state index < -0.39 is 0 Å². The van der Waals surface area contributed by atoms with Gasteiger partial charge in [-0.3, -0.25) is 10.3 Å². The van der Waals surface area contributed by atoms with Crippen LogP contribution < -0.4 is 5.43 Å². The number of hydrogen-bond donors (Lipinski definition) is 1. The molecule has 8 nitrogen and oxygen atoms in total. The number of allylic oxidation sites excluding steroid dienone is 7. The molecule has 0 radical (unpaired) electrons. The van der Waals surface area contributed by atoms with E-state index in [1.807, 2.05) is 12.2 Å². The fourth-order valence-corrected chi connectivity index (χ4v) is 5.25. The maximum absolute atomic E-state index is 5.21. The quantitative estimate of drug-likeness (QED) is 0.285. The lowest BCUT2D eigenvalue weighted by atomic mass is 9.92. The van der Waals surface area contributed by atoms with Crippen molar-refractivity contribution in [3.05, 3.63) is 58.7 Å². The van der Waals surface area contributed by atoms with Crippen LogP contribution in [0.3, 0.4) is 0 Å². The molecular formula is C32H42N8. The van der Waals surface area contributed by atoms with Gasteiger partial charge in [0.25, 0.3) is 11.9 Å². The lowest BCUT2D eigenvalue weighted by Gasteiger charge is -2.18. The second kappa shape index (κ2) is 13.1. The van der Waals surface area contributed by atoms with Gasteiger partial charge in [-0.2, -0.15) is 4.99 Å². The molecule has 0 fully saturated rings. The van der Waals surface area contributed by atoms with E-state index in [-0.39, 0.29) is 0 Å². The number of aliphatic imine (C=N–C) groups is 5. The van der Waals surface area contributed by atoms with Crippen LogP contribution in [-0.2, 0) is 0 Å². The number of fused-ring (bicyclic) bond motifs is 5. The highest BCUT2D eigenvalue weighted by Crippen LogP contribution is 2.33. The molecule has 0 spiro atoms. The fraction of sp³-hybridized carbons (Fsp3) is 0.500. The van der Waals surface area contributed by atoms with Gasteiger partial charge in [0, 0.05) is 18.2 Å². The summed E-state index contributed by atoms with van der Waals surface area (Å²) in [4.78, 5) is 27.2. The zero-order valence-corrected chi connectivity index (χ0v) is 24.5. The summed E-state index contributed by atoms with van der Waals surface area (Å²) < 4.78 is 0. The largest absolute Gasteiger partial charge is 0.294 e. The van der Waals surface area contributed by atoms with Gasteiger partial charge in [0.15, 0.2) is 0 Å². The van der Waals surface area contributed by atoms with Gasteiger partial charge in [-0.15, -0.1) is 5.10 Å². The molecule has 0 saturated carbocycles. The summed E-state index contributed by atoms with van der Waals surface area (Å²) in [5.41, 5.74) is 11.5. The predicted molar refractivity (Wildman–Crippen MR) is 168 cm³/mol. The Morgan fingerprint density at radius 1 is 0.700 bits per heavy atom. The minimum atomic E-state index is 0.479. The van der Waals surface area contributed by atoms with Crippen molar-refractivity contribution in [1.82, 2.24) is 10.3 Å². The first-order valence-electron chi connectivity index (χ1n) is 15.2. The van der Waals surface area contributed by atoms with Crippen molar-refractivity contribution in [3.63, 3.8) is 0 Å². The van der Waals surface area contributed by atoms with Crippen molar-refractivity contribution in [2.24, 2.45) is 30.1 Å². The third-order valence-electron chi connectivity index (χ3n) is 7.51. The normalized spacial score (nSPS) is 19.5. The zero-order valence-electron chi connectivity index (χ0n) is 24.5. The topological polar surface area (TPSA) is 89.4 Å². The van der Waals surface area contributed by atoms with Gasteiger partial charge < -0.3 is 0 Å². The molecule has 5 aliphatic heterocycles. The average molecular weight is 539 g/mol. The molecule has 5 aliphatic rings. The summed E-state index contributed by atoms with van der Waals surface area (Å²) in [6.45, 7) is 9.69. The summed E-state index contributed by atoms with van der Waals surface area (Å²) in [6, 6.07) is 0. The molecule has 0 aromatic rings. The number of unbranched alkanes of at least 4 members (excludes halogenated alkanes) is 4. The highest BCUT2D eigenvalue weighted by molar-refractivity contribution is 6.53. The maximum Gasteiger partial charge on any atom is 0.253 e. The van der Waals surface area contributed by atoms with Crippen molar-refractivity contribution in [1.29, 1.82) is 0 Å². The van der Waals surface area contributed by atoms with Gasteiger partial charge in [-0.25, -0.2) is 20.0 Å². The van der Waals surface area contributed by atoms with E-state index in [4.69, 9.17) is 25.0 Å². The Kier molecular flexibility index (Phi) is 9.14. The van der Waals surface area contributed by atoms with Gasteiger partial charge in [0.1, 0.15) is 5.82 Å². The maximum atomic E-state index is 5.21. The molecule has 0 aliphatic carbocycles. The third kappa shape index (κ3) is 6.21. The van der Waals surface area contributed by atoms with Crippen LogP contribution in [0.1, 0.15) is 98.3 Å². The van der Waals surface area contributed by atoms with Crippen LogP contribution in [0.4, 0.5) is 0 Å². The Morgan fingerprint density at radius 3 is 2.27 bits per heavy atom. The molecule has 0 saturated heterocycles. The Morgan fingerprint density at radius 2 is 1.48 bits per heavy atom. The molecule has 5 rings (SSSR count). The summed E-state index contributed by atoms with van der Waals surface area (Å²) in [5, 5.41) is 4.58. The van der Waals surface area contributed by atoms with Crippen molar-refractivity contribution in [2.45, 2.75) is 98.3 Å². The summed E-state index contributed by atoms with van der Waals surface area (Å²) in [7, 11) is 0. The Bertz CT molecular complexity index is 1360. The lowest BCUT2D eigenvalue weighted by Crippen LogP contribution is -2.28. The SMILES string of the molecule is CCCCC1=CC2=NC1=C(CCCC)C1=NC(=NC3=NNC(=CC4=NC(=C2)C=C4)N3CCCC)N=C1CCCC. The van der Waals surface area contributed by atoms with E-state index in [9.17, 15) is 0 Å². The molecule has 0 atom stereocenters.